The maximum atomic E-state index is 14.5. The van der Waals surface area contributed by atoms with Crippen LogP contribution in [0.15, 0.2) is 53.4 Å². The van der Waals surface area contributed by atoms with E-state index in [2.05, 4.69) is 10.3 Å². The Balaban J connectivity index is 1.73. The van der Waals surface area contributed by atoms with Crippen LogP contribution in [0.25, 0.3) is 16.9 Å². The molecule has 2 aromatic heterocycles. The van der Waals surface area contributed by atoms with Gasteiger partial charge in [0.05, 0.1) is 40.6 Å². The summed E-state index contributed by atoms with van der Waals surface area (Å²) in [5, 5.41) is 12.7. The van der Waals surface area contributed by atoms with Crippen molar-refractivity contribution in [1.29, 1.82) is 5.26 Å². The van der Waals surface area contributed by atoms with E-state index in [1.54, 1.807) is 29.5 Å². The predicted octanol–water partition coefficient (Wildman–Crippen LogP) is 4.93. The molecule has 0 saturated heterocycles. The average molecular weight is 630 g/mol. The molecule has 5 rings (SSSR count). The van der Waals surface area contributed by atoms with Crippen molar-refractivity contribution in [3.63, 3.8) is 0 Å². The van der Waals surface area contributed by atoms with Gasteiger partial charge in [0.15, 0.2) is 21.4 Å². The number of rotatable bonds is 8. The largest absolute Gasteiger partial charge is 0.482 e. The van der Waals surface area contributed by atoms with E-state index in [0.29, 0.717) is 35.3 Å². The Bertz CT molecular complexity index is 1930. The molecule has 1 N–H and O–H groups in total. The molecule has 4 aromatic rings. The molecule has 1 unspecified atom stereocenters. The fourth-order valence-corrected chi connectivity index (χ4v) is 7.50. The number of likely N-dealkylation sites (N-methyl/N-ethyl adjacent to an activating group) is 1. The van der Waals surface area contributed by atoms with E-state index in [1.807, 2.05) is 6.92 Å². The van der Waals surface area contributed by atoms with Gasteiger partial charge in [-0.3, -0.25) is 9.20 Å². The minimum Gasteiger partial charge on any atom is -0.482 e. The monoisotopic (exact) mass is 629 g/mol. The van der Waals surface area contributed by atoms with Crippen LogP contribution in [-0.4, -0.2) is 61.1 Å². The number of nitriles is 1. The molecule has 1 aliphatic heterocycles. The number of methoxy groups -OCH3 is 1. The summed E-state index contributed by atoms with van der Waals surface area (Å²) in [6.45, 7) is 4.11. The smallest absolute Gasteiger partial charge is 0.417 e. The third-order valence-electron chi connectivity index (χ3n) is 7.52. The summed E-state index contributed by atoms with van der Waals surface area (Å²) >= 11 is 0. The van der Waals surface area contributed by atoms with Crippen LogP contribution in [0.1, 0.15) is 45.7 Å². The Kier molecular flexibility index (Phi) is 8.13. The van der Waals surface area contributed by atoms with Crippen molar-refractivity contribution >= 4 is 21.4 Å². The fourth-order valence-electron chi connectivity index (χ4n) is 5.52. The second-order valence-corrected chi connectivity index (χ2v) is 12.2. The fraction of sp³-hybridized carbons (Fsp3) is 0.300. The number of carbonyl (C=O) groups is 1. The van der Waals surface area contributed by atoms with Gasteiger partial charge in [0.25, 0.3) is 5.91 Å². The highest BCUT2D eigenvalue weighted by atomic mass is 32.2. The second-order valence-electron chi connectivity index (χ2n) is 10.2. The van der Waals surface area contributed by atoms with Crippen molar-refractivity contribution in [1.82, 2.24) is 19.6 Å². The first-order valence-corrected chi connectivity index (χ1v) is 15.2. The Hall–Kier alpha value is -4.48. The van der Waals surface area contributed by atoms with Crippen LogP contribution in [0.2, 0.25) is 0 Å². The number of hydrogen-bond acceptors (Lipinski definition) is 7. The highest BCUT2D eigenvalue weighted by Gasteiger charge is 2.46. The number of ether oxygens (including phenoxy) is 1. The van der Waals surface area contributed by atoms with Crippen LogP contribution < -0.4 is 10.1 Å². The number of nitrogens with zero attached hydrogens (tertiary/aromatic N) is 4. The van der Waals surface area contributed by atoms with E-state index >= 15 is 0 Å². The number of hydrogen-bond donors (Lipinski definition) is 1. The molecule has 0 aliphatic carbocycles. The lowest BCUT2D eigenvalue weighted by atomic mass is 9.99. The summed E-state index contributed by atoms with van der Waals surface area (Å²) in [5.41, 5.74) is -1.25. The maximum absolute atomic E-state index is 14.5. The highest BCUT2D eigenvalue weighted by molar-refractivity contribution is 7.91. The number of sulfone groups is 1. The van der Waals surface area contributed by atoms with Gasteiger partial charge in [0.2, 0.25) is 0 Å². The van der Waals surface area contributed by atoms with E-state index in [1.165, 1.54) is 36.3 Å². The molecule has 44 heavy (non-hydrogen) atoms. The number of carbonyl (C=O) groups excluding carboxylic acids is 1. The minimum atomic E-state index is -4.97. The molecule has 230 valence electrons. The normalized spacial score (nSPS) is 15.6. The number of aryl methyl sites for hydroxylation is 1. The predicted molar refractivity (Wildman–Crippen MR) is 152 cm³/mol. The van der Waals surface area contributed by atoms with Gasteiger partial charge in [-0.25, -0.2) is 17.8 Å². The molecule has 0 saturated carbocycles. The lowest BCUT2D eigenvalue weighted by Crippen LogP contribution is -2.40. The first-order valence-electron chi connectivity index (χ1n) is 13.5. The number of amides is 1. The zero-order chi connectivity index (χ0) is 32.0. The van der Waals surface area contributed by atoms with Crippen LogP contribution in [0, 0.1) is 24.1 Å². The third-order valence-corrected chi connectivity index (χ3v) is 9.34. The standard InChI is InChI=1S/C30H27F4N5O4S/c1-4-36-12-13-38(23-16-44(41,42)28-19(23)9-10-21(20(28)15-35)30(32,33)34)29(40)26-27(18-8-11-22(31)17(2)14-18)39-24(37-26)6-5-7-25(39)43-3/h5-11,14,23,36H,4,12-13,16H2,1-3H3. The molecule has 0 spiro atoms. The summed E-state index contributed by atoms with van der Waals surface area (Å²) in [6, 6.07) is 11.1. The zero-order valence-corrected chi connectivity index (χ0v) is 24.7. The Labute approximate surface area is 250 Å². The van der Waals surface area contributed by atoms with Crippen LogP contribution in [-0.2, 0) is 16.0 Å². The molecule has 14 heteroatoms. The van der Waals surface area contributed by atoms with Gasteiger partial charge < -0.3 is 15.0 Å². The van der Waals surface area contributed by atoms with Crippen LogP contribution in [0.3, 0.4) is 0 Å². The van der Waals surface area contributed by atoms with E-state index in [-0.39, 0.29) is 30.0 Å². The number of benzene rings is 2. The number of alkyl halides is 3. The van der Waals surface area contributed by atoms with E-state index in [9.17, 15) is 36.0 Å². The van der Waals surface area contributed by atoms with Gasteiger partial charge in [-0.1, -0.05) is 19.1 Å². The summed E-state index contributed by atoms with van der Waals surface area (Å²) in [4.78, 5) is 19.6. The second kappa shape index (κ2) is 11.5. The zero-order valence-electron chi connectivity index (χ0n) is 23.9. The van der Waals surface area contributed by atoms with Gasteiger partial charge in [-0.05, 0) is 61.0 Å². The maximum Gasteiger partial charge on any atom is 0.417 e. The molecular weight excluding hydrogens is 602 g/mol. The van der Waals surface area contributed by atoms with E-state index in [4.69, 9.17) is 4.74 Å². The molecule has 2 aromatic carbocycles. The SMILES string of the molecule is CCNCCN(C(=O)c1nc2cccc(OC)n2c1-c1ccc(F)c(C)c1)C1CS(=O)(=O)c2c1ccc(C(F)(F)F)c2C#N. The first kappa shape index (κ1) is 31.0. The van der Waals surface area contributed by atoms with Gasteiger partial charge in [0.1, 0.15) is 17.5 Å². The lowest BCUT2D eigenvalue weighted by Gasteiger charge is -2.29. The number of halogens is 4. The Morgan fingerprint density at radius 3 is 2.61 bits per heavy atom. The van der Waals surface area contributed by atoms with Crippen LogP contribution >= 0.6 is 0 Å². The summed E-state index contributed by atoms with van der Waals surface area (Å²) in [6.07, 6.45) is -4.97. The molecule has 1 atom stereocenters. The summed E-state index contributed by atoms with van der Waals surface area (Å²) in [7, 11) is -2.97. The van der Waals surface area contributed by atoms with Crippen molar-refractivity contribution in [2.45, 2.75) is 31.0 Å². The number of aromatic nitrogens is 2. The van der Waals surface area contributed by atoms with Gasteiger partial charge in [-0.15, -0.1) is 0 Å². The molecule has 1 aliphatic rings. The third kappa shape index (κ3) is 5.26. The Morgan fingerprint density at radius 2 is 1.98 bits per heavy atom. The quantitative estimate of drug-likeness (QED) is 0.217. The number of imidazole rings is 1. The lowest BCUT2D eigenvalue weighted by molar-refractivity contribution is -0.138. The van der Waals surface area contributed by atoms with Crippen molar-refractivity contribution in [2.75, 3.05) is 32.5 Å². The Morgan fingerprint density at radius 1 is 1.23 bits per heavy atom. The van der Waals surface area contributed by atoms with Gasteiger partial charge in [0, 0.05) is 18.7 Å². The van der Waals surface area contributed by atoms with E-state index in [0.717, 1.165) is 6.07 Å². The number of fused-ring (bicyclic) bond motifs is 2. The van der Waals surface area contributed by atoms with Crippen molar-refractivity contribution in [2.24, 2.45) is 0 Å². The molecular formula is C30H27F4N5O4S. The minimum absolute atomic E-state index is 0.0396. The topological polar surface area (TPSA) is 117 Å². The summed E-state index contributed by atoms with van der Waals surface area (Å²) < 4.78 is 89.2. The molecule has 3 heterocycles. The van der Waals surface area contributed by atoms with Crippen LogP contribution in [0.4, 0.5) is 17.6 Å². The molecule has 9 nitrogen and oxygen atoms in total. The molecule has 0 fully saturated rings. The number of nitrogens with one attached hydrogen (secondary N) is 1. The first-order chi connectivity index (χ1) is 20.8. The van der Waals surface area contributed by atoms with Gasteiger partial charge in [-0.2, -0.15) is 18.4 Å². The van der Waals surface area contributed by atoms with Crippen molar-refractivity contribution < 1.29 is 35.5 Å². The van der Waals surface area contributed by atoms with Gasteiger partial charge >= 0.3 is 6.18 Å². The average Bonchev–Trinajstić information content (AvgIpc) is 3.50. The summed E-state index contributed by atoms with van der Waals surface area (Å²) in [5.74, 6) is -1.58. The molecule has 0 bridgehead atoms. The molecule has 1 amide bonds. The highest BCUT2D eigenvalue weighted by Crippen LogP contribution is 2.44. The van der Waals surface area contributed by atoms with Crippen molar-refractivity contribution in [3.8, 4) is 23.2 Å². The molecule has 0 radical (unpaired) electrons. The van der Waals surface area contributed by atoms with E-state index < -0.39 is 55.6 Å². The van der Waals surface area contributed by atoms with Crippen molar-refractivity contribution in [3.05, 3.63) is 82.3 Å². The number of pyridine rings is 1. The van der Waals surface area contributed by atoms with Crippen LogP contribution in [0.5, 0.6) is 5.88 Å².